The first-order valence-electron chi connectivity index (χ1n) is 11.4. The van der Waals surface area contributed by atoms with Crippen molar-refractivity contribution < 1.29 is 15.6 Å². The summed E-state index contributed by atoms with van der Waals surface area (Å²) in [6.45, 7) is -5.66. The number of halogens is 2. The fourth-order valence-corrected chi connectivity index (χ4v) is 3.06. The van der Waals surface area contributed by atoms with Crippen LogP contribution in [0.1, 0.15) is 31.4 Å². The fraction of sp³-hybridized carbons (Fsp3) is 0.182. The summed E-state index contributed by atoms with van der Waals surface area (Å²) in [4.78, 5) is 21.5. The molecule has 0 amide bonds. The molecule has 4 aromatic rings. The van der Waals surface area contributed by atoms with Gasteiger partial charge in [0.15, 0.2) is 0 Å². The van der Waals surface area contributed by atoms with Crippen LogP contribution in [0.5, 0.6) is 0 Å². The Hall–Kier alpha value is -3.68. The number of rotatable bonds is 6. The zero-order valence-corrected chi connectivity index (χ0v) is 15.5. The highest BCUT2D eigenvalue weighted by molar-refractivity contribution is 5.91. The van der Waals surface area contributed by atoms with Crippen LogP contribution in [0.15, 0.2) is 65.6 Å². The Morgan fingerprint density at radius 1 is 1.17 bits per heavy atom. The molecule has 6 nitrogen and oxygen atoms in total. The predicted molar refractivity (Wildman–Crippen MR) is 112 cm³/mol. The maximum Gasteiger partial charge on any atom is 0.280 e. The van der Waals surface area contributed by atoms with E-state index >= 15 is 0 Å². The van der Waals surface area contributed by atoms with E-state index in [1.54, 1.807) is 0 Å². The van der Waals surface area contributed by atoms with Gasteiger partial charge >= 0.3 is 0 Å². The van der Waals surface area contributed by atoms with Crippen molar-refractivity contribution in [3.8, 4) is 11.1 Å². The second-order valence-electron chi connectivity index (χ2n) is 6.41. The molecule has 4 rings (SSSR count). The second kappa shape index (κ2) is 8.36. The topological polar surface area (TPSA) is 72.7 Å². The van der Waals surface area contributed by atoms with Gasteiger partial charge in [0, 0.05) is 25.1 Å². The summed E-state index contributed by atoms with van der Waals surface area (Å²) in [7, 11) is 0. The molecule has 0 aliphatic carbocycles. The van der Waals surface area contributed by atoms with E-state index in [1.165, 1.54) is 22.9 Å². The Labute approximate surface area is 178 Å². The zero-order chi connectivity index (χ0) is 25.4. The lowest BCUT2D eigenvalue weighted by Gasteiger charge is -2.12. The van der Waals surface area contributed by atoms with Crippen LogP contribution in [-0.4, -0.2) is 26.2 Å². The smallest absolute Gasteiger partial charge is 0.280 e. The number of hydrogen-bond acceptors (Lipinski definition) is 5. The molecule has 0 aliphatic rings. The monoisotopic (exact) mass is 412 g/mol. The van der Waals surface area contributed by atoms with E-state index in [0.717, 1.165) is 17.8 Å². The molecule has 0 fully saturated rings. The minimum atomic E-state index is -2.99. The minimum absolute atomic E-state index is 0.0114. The molecular formula is C22H19F2N5O. The van der Waals surface area contributed by atoms with E-state index in [1.807, 2.05) is 30.3 Å². The molecular weight excluding hydrogens is 388 g/mol. The van der Waals surface area contributed by atoms with Gasteiger partial charge in [-0.1, -0.05) is 36.4 Å². The average molecular weight is 412 g/mol. The molecule has 0 saturated carbocycles. The molecule has 0 bridgehead atoms. The molecule has 0 atom stereocenters. The molecule has 0 saturated heterocycles. The van der Waals surface area contributed by atoms with Gasteiger partial charge < -0.3 is 5.32 Å². The van der Waals surface area contributed by atoms with Gasteiger partial charge in [-0.25, -0.2) is 18.4 Å². The highest BCUT2D eigenvalue weighted by Gasteiger charge is 2.17. The van der Waals surface area contributed by atoms with Crippen molar-refractivity contribution in [2.45, 2.75) is 19.8 Å². The molecule has 0 spiro atoms. The number of benzene rings is 1. The first kappa shape index (κ1) is 14.3. The third-order valence-corrected chi connectivity index (χ3v) is 4.45. The van der Waals surface area contributed by atoms with E-state index < -0.39 is 31.0 Å². The van der Waals surface area contributed by atoms with Crippen LogP contribution in [0, 0.1) is 0 Å². The lowest BCUT2D eigenvalue weighted by atomic mass is 10.1. The summed E-state index contributed by atoms with van der Waals surface area (Å²) >= 11 is 0. The van der Waals surface area contributed by atoms with Gasteiger partial charge in [0.05, 0.1) is 12.1 Å². The van der Waals surface area contributed by atoms with Gasteiger partial charge in [-0.2, -0.15) is 5.10 Å². The predicted octanol–water partition coefficient (Wildman–Crippen LogP) is 4.27. The van der Waals surface area contributed by atoms with Crippen LogP contribution in [-0.2, 0) is 6.54 Å². The van der Waals surface area contributed by atoms with Crippen LogP contribution in [0.4, 0.5) is 14.6 Å². The second-order valence-corrected chi connectivity index (χ2v) is 6.41. The van der Waals surface area contributed by atoms with E-state index in [4.69, 9.17) is 6.85 Å². The fourth-order valence-electron chi connectivity index (χ4n) is 3.06. The Kier molecular flexibility index (Phi) is 3.99. The van der Waals surface area contributed by atoms with Gasteiger partial charge in [-0.3, -0.25) is 9.78 Å². The first-order valence-corrected chi connectivity index (χ1v) is 8.95. The van der Waals surface area contributed by atoms with Crippen LogP contribution < -0.4 is 10.9 Å². The van der Waals surface area contributed by atoms with Crippen molar-refractivity contribution in [3.05, 3.63) is 82.4 Å². The molecule has 0 radical (unpaired) electrons. The molecule has 0 aliphatic heterocycles. The minimum Gasteiger partial charge on any atom is -0.370 e. The molecule has 0 unspecified atom stereocenters. The van der Waals surface area contributed by atoms with Crippen molar-refractivity contribution in [1.29, 1.82) is 0 Å². The number of anilines is 1. The lowest BCUT2D eigenvalue weighted by molar-refractivity contribution is 0.146. The Morgan fingerprint density at radius 3 is 2.70 bits per heavy atom. The SMILES string of the molecule is [2H]C([2H])([2H])C([2H])([2H])Nc1ccc2nn(Cc3ccccc3)c(=O)c(-c3ccc(C(F)F)nc3)c2n1. The number of nitrogens with one attached hydrogen (secondary N) is 1. The average Bonchev–Trinajstić information content (AvgIpc) is 2.80. The number of fused-ring (bicyclic) bond motifs is 1. The quantitative estimate of drug-likeness (QED) is 0.512. The Morgan fingerprint density at radius 2 is 2.00 bits per heavy atom. The summed E-state index contributed by atoms with van der Waals surface area (Å²) in [5, 5.41) is 6.59. The van der Waals surface area contributed by atoms with Crippen molar-refractivity contribution in [2.24, 2.45) is 0 Å². The van der Waals surface area contributed by atoms with Gasteiger partial charge in [0.25, 0.3) is 12.0 Å². The lowest BCUT2D eigenvalue weighted by Crippen LogP contribution is -2.26. The standard InChI is InChI=1S/C22H19F2N5O/c1-2-25-18-11-10-16-20(27-18)19(15-8-9-17(21(23)24)26-12-15)22(30)29(28-16)13-14-6-4-3-5-7-14/h3-12,21H,2,13H2,1H3,(H,25,27)/i1D3,2D2. The highest BCUT2D eigenvalue weighted by atomic mass is 19.3. The number of aromatic nitrogens is 4. The molecule has 1 N–H and O–H groups in total. The van der Waals surface area contributed by atoms with Gasteiger partial charge in [-0.05, 0) is 30.6 Å². The van der Waals surface area contributed by atoms with Crippen molar-refractivity contribution in [3.63, 3.8) is 0 Å². The van der Waals surface area contributed by atoms with Gasteiger partial charge in [-0.15, -0.1) is 0 Å². The van der Waals surface area contributed by atoms with Crippen molar-refractivity contribution >= 4 is 16.9 Å². The maximum absolute atomic E-state index is 13.5. The molecule has 8 heteroatoms. The van der Waals surface area contributed by atoms with Crippen LogP contribution >= 0.6 is 0 Å². The molecule has 1 aromatic carbocycles. The third-order valence-electron chi connectivity index (χ3n) is 4.45. The molecule has 3 heterocycles. The van der Waals surface area contributed by atoms with E-state index in [-0.39, 0.29) is 34.5 Å². The van der Waals surface area contributed by atoms with Gasteiger partial charge in [0.1, 0.15) is 22.5 Å². The van der Waals surface area contributed by atoms with E-state index in [9.17, 15) is 13.6 Å². The Bertz CT molecular complexity index is 1410. The van der Waals surface area contributed by atoms with Crippen LogP contribution in [0.3, 0.4) is 0 Å². The number of hydrogen-bond donors (Lipinski definition) is 1. The Balaban J connectivity index is 1.90. The van der Waals surface area contributed by atoms with Crippen LogP contribution in [0.2, 0.25) is 0 Å². The number of pyridine rings is 2. The third kappa shape index (κ3) is 3.89. The zero-order valence-electron chi connectivity index (χ0n) is 20.5. The summed E-state index contributed by atoms with van der Waals surface area (Å²) in [5.74, 6) is -0.140. The summed E-state index contributed by atoms with van der Waals surface area (Å²) in [5.41, 5.74) is 0.283. The van der Waals surface area contributed by atoms with Crippen LogP contribution in [0.25, 0.3) is 22.2 Å². The summed E-state index contributed by atoms with van der Waals surface area (Å²) in [6, 6.07) is 14.3. The normalized spacial score (nSPS) is 14.6. The maximum atomic E-state index is 13.5. The largest absolute Gasteiger partial charge is 0.370 e. The van der Waals surface area contributed by atoms with Crippen molar-refractivity contribution in [2.75, 3.05) is 11.8 Å². The molecule has 30 heavy (non-hydrogen) atoms. The summed E-state index contributed by atoms with van der Waals surface area (Å²) < 4.78 is 65.0. The van der Waals surface area contributed by atoms with Crippen molar-refractivity contribution in [1.82, 2.24) is 19.7 Å². The highest BCUT2D eigenvalue weighted by Crippen LogP contribution is 2.25. The van der Waals surface area contributed by atoms with Gasteiger partial charge in [0.2, 0.25) is 0 Å². The van der Waals surface area contributed by atoms with E-state index in [2.05, 4.69) is 20.4 Å². The first-order chi connectivity index (χ1) is 16.5. The molecule has 3 aromatic heterocycles. The molecule has 152 valence electrons. The van der Waals surface area contributed by atoms with E-state index in [0.29, 0.717) is 0 Å². The number of nitrogens with zero attached hydrogens (tertiary/aromatic N) is 4. The summed E-state index contributed by atoms with van der Waals surface area (Å²) in [6.07, 6.45) is -1.66. The number of alkyl halides is 2.